The van der Waals surface area contributed by atoms with Crippen molar-refractivity contribution in [3.8, 4) is 0 Å². The lowest BCUT2D eigenvalue weighted by atomic mass is 10.1. The molecule has 0 amide bonds. The first-order chi connectivity index (χ1) is 11.1. The number of nitrogens with one attached hydrogen (secondary N) is 2. The van der Waals surface area contributed by atoms with E-state index in [1.165, 1.54) is 12.4 Å². The molecule has 0 aliphatic carbocycles. The number of Topliss-reactive ketones (excluding diaryl/α,β-unsaturated/α-hetero) is 2. The molecule has 116 valence electrons. The molecule has 2 aromatic heterocycles. The first-order valence-corrected chi connectivity index (χ1v) is 6.97. The molecule has 0 fully saturated rings. The van der Waals surface area contributed by atoms with Gasteiger partial charge in [-0.2, -0.15) is 0 Å². The van der Waals surface area contributed by atoms with Gasteiger partial charge in [0.15, 0.2) is 0 Å². The fourth-order valence-corrected chi connectivity index (χ4v) is 2.24. The molecule has 0 spiro atoms. The van der Waals surface area contributed by atoms with Gasteiger partial charge in [0.05, 0.1) is 6.42 Å². The van der Waals surface area contributed by atoms with E-state index in [0.717, 1.165) is 5.69 Å². The maximum atomic E-state index is 13.6. The van der Waals surface area contributed by atoms with Gasteiger partial charge >= 0.3 is 0 Å². The molecule has 3 rings (SSSR count). The summed E-state index contributed by atoms with van der Waals surface area (Å²) in [5, 5.41) is 5.98. The van der Waals surface area contributed by atoms with Gasteiger partial charge in [0.2, 0.25) is 11.6 Å². The Morgan fingerprint density at radius 1 is 1.09 bits per heavy atom. The number of benzene rings is 1. The van der Waals surface area contributed by atoms with Gasteiger partial charge < -0.3 is 4.98 Å². The highest BCUT2D eigenvalue weighted by Gasteiger charge is 2.20. The zero-order chi connectivity index (χ0) is 16.2. The van der Waals surface area contributed by atoms with E-state index in [-0.39, 0.29) is 18.1 Å². The molecule has 0 unspecified atom stereocenters. The molecule has 7 heteroatoms. The minimum atomic E-state index is -0.739. The van der Waals surface area contributed by atoms with Gasteiger partial charge in [-0.3, -0.25) is 14.7 Å². The molecule has 3 aromatic rings. The molecule has 0 atom stereocenters. The first kappa shape index (κ1) is 14.8. The Morgan fingerprint density at radius 3 is 2.61 bits per heavy atom. The van der Waals surface area contributed by atoms with E-state index in [1.54, 1.807) is 30.3 Å². The molecule has 1 aromatic carbocycles. The van der Waals surface area contributed by atoms with Gasteiger partial charge in [0.1, 0.15) is 12.1 Å². The lowest BCUT2D eigenvalue weighted by molar-refractivity contribution is -0.114. The number of H-pyrrole nitrogens is 2. The molecule has 0 saturated heterocycles. The Hall–Kier alpha value is -3.09. The summed E-state index contributed by atoms with van der Waals surface area (Å²) < 4.78 is 13.6. The predicted octanol–water partition coefficient (Wildman–Crippen LogP) is 1.86. The SMILES string of the molecule is O=C(Cc1ccc(Cc2ccccc2F)[nH]1)C(=O)c1nc[nH]n1. The van der Waals surface area contributed by atoms with E-state index in [4.69, 9.17) is 0 Å². The second-order valence-corrected chi connectivity index (χ2v) is 5.03. The van der Waals surface area contributed by atoms with E-state index in [1.807, 2.05) is 0 Å². The molecular weight excluding hydrogens is 299 g/mol. The number of nitrogens with zero attached hydrogens (tertiary/aromatic N) is 2. The van der Waals surface area contributed by atoms with Gasteiger partial charge in [-0.15, -0.1) is 5.10 Å². The summed E-state index contributed by atoms with van der Waals surface area (Å²) in [4.78, 5) is 30.4. The monoisotopic (exact) mass is 312 g/mol. The number of carbonyl (C=O) groups is 2. The fraction of sp³-hybridized carbons (Fsp3) is 0.125. The second-order valence-electron chi connectivity index (χ2n) is 5.03. The van der Waals surface area contributed by atoms with Crippen molar-refractivity contribution in [3.05, 3.63) is 71.3 Å². The van der Waals surface area contributed by atoms with Crippen molar-refractivity contribution < 1.29 is 14.0 Å². The van der Waals surface area contributed by atoms with Crippen LogP contribution in [0.25, 0.3) is 0 Å². The minimum Gasteiger partial charge on any atom is -0.362 e. The van der Waals surface area contributed by atoms with Crippen LogP contribution < -0.4 is 0 Å². The van der Waals surface area contributed by atoms with Crippen LogP contribution in [0.2, 0.25) is 0 Å². The van der Waals surface area contributed by atoms with Crippen LogP contribution in [-0.4, -0.2) is 31.7 Å². The molecule has 0 aliphatic heterocycles. The van der Waals surface area contributed by atoms with Gasteiger partial charge in [0.25, 0.3) is 5.78 Å². The highest BCUT2D eigenvalue weighted by atomic mass is 19.1. The largest absolute Gasteiger partial charge is 0.362 e. The first-order valence-electron chi connectivity index (χ1n) is 6.97. The van der Waals surface area contributed by atoms with Crippen molar-refractivity contribution in [1.82, 2.24) is 20.2 Å². The standard InChI is InChI=1S/C16H13FN4O2/c17-13-4-2-1-3-10(13)7-11-5-6-12(20-11)8-14(22)15(23)16-18-9-19-21-16/h1-6,9,20H,7-8H2,(H,18,19,21). The van der Waals surface area contributed by atoms with Crippen LogP contribution in [0.5, 0.6) is 0 Å². The number of aromatic amines is 2. The number of hydrogen-bond acceptors (Lipinski definition) is 4. The van der Waals surface area contributed by atoms with Crippen LogP contribution >= 0.6 is 0 Å². The Labute approximate surface area is 130 Å². The van der Waals surface area contributed by atoms with Crippen molar-refractivity contribution in [2.45, 2.75) is 12.8 Å². The van der Waals surface area contributed by atoms with Crippen LogP contribution in [0, 0.1) is 5.82 Å². The average molecular weight is 312 g/mol. The summed E-state index contributed by atoms with van der Waals surface area (Å²) in [5.74, 6) is -1.77. The van der Waals surface area contributed by atoms with Crippen LogP contribution in [0.3, 0.4) is 0 Å². The lowest BCUT2D eigenvalue weighted by Gasteiger charge is -2.01. The molecule has 0 bridgehead atoms. The molecular formula is C16H13FN4O2. The third-order valence-corrected chi connectivity index (χ3v) is 3.37. The van der Waals surface area contributed by atoms with Crippen molar-refractivity contribution >= 4 is 11.6 Å². The van der Waals surface area contributed by atoms with Gasteiger partial charge in [-0.1, -0.05) is 18.2 Å². The predicted molar refractivity (Wildman–Crippen MR) is 79.4 cm³/mol. The van der Waals surface area contributed by atoms with Crippen molar-refractivity contribution in [3.63, 3.8) is 0 Å². The highest BCUT2D eigenvalue weighted by molar-refractivity contribution is 6.43. The minimum absolute atomic E-state index is 0.0787. The zero-order valence-corrected chi connectivity index (χ0v) is 12.0. The van der Waals surface area contributed by atoms with Gasteiger partial charge in [0, 0.05) is 17.8 Å². The summed E-state index contributed by atoms with van der Waals surface area (Å²) in [6, 6.07) is 9.98. The smallest absolute Gasteiger partial charge is 0.267 e. The Morgan fingerprint density at radius 2 is 1.87 bits per heavy atom. The summed E-state index contributed by atoms with van der Waals surface area (Å²) in [6.07, 6.45) is 1.54. The number of hydrogen-bond donors (Lipinski definition) is 2. The number of halogens is 1. The number of aromatic nitrogens is 4. The Kier molecular flexibility index (Phi) is 4.09. The maximum absolute atomic E-state index is 13.6. The molecule has 23 heavy (non-hydrogen) atoms. The van der Waals surface area contributed by atoms with Gasteiger partial charge in [-0.05, 0) is 23.8 Å². The molecule has 0 radical (unpaired) electrons. The van der Waals surface area contributed by atoms with E-state index in [2.05, 4.69) is 20.2 Å². The third-order valence-electron chi connectivity index (χ3n) is 3.37. The summed E-state index contributed by atoms with van der Waals surface area (Å²) >= 11 is 0. The van der Waals surface area contributed by atoms with Crippen LogP contribution in [0.15, 0.2) is 42.7 Å². The molecule has 0 saturated carbocycles. The van der Waals surface area contributed by atoms with Crippen LogP contribution in [-0.2, 0) is 17.6 Å². The second kappa shape index (κ2) is 6.35. The van der Waals surface area contributed by atoms with E-state index in [0.29, 0.717) is 17.7 Å². The quantitative estimate of drug-likeness (QED) is 0.537. The molecule has 2 heterocycles. The topological polar surface area (TPSA) is 91.5 Å². The van der Waals surface area contributed by atoms with Crippen LogP contribution in [0.1, 0.15) is 27.6 Å². The van der Waals surface area contributed by atoms with Crippen molar-refractivity contribution in [2.75, 3.05) is 0 Å². The molecule has 6 nitrogen and oxygen atoms in total. The summed E-state index contributed by atoms with van der Waals surface area (Å²) in [6.45, 7) is 0. The normalized spacial score (nSPS) is 10.7. The zero-order valence-electron chi connectivity index (χ0n) is 12.0. The average Bonchev–Trinajstić information content (AvgIpc) is 3.21. The van der Waals surface area contributed by atoms with E-state index < -0.39 is 11.6 Å². The Bertz CT molecular complexity index is 839. The fourth-order valence-electron chi connectivity index (χ4n) is 2.24. The lowest BCUT2D eigenvalue weighted by Crippen LogP contribution is -2.18. The number of ketones is 2. The third kappa shape index (κ3) is 3.39. The molecule has 0 aliphatic rings. The van der Waals surface area contributed by atoms with Gasteiger partial charge in [-0.25, -0.2) is 9.37 Å². The Balaban J connectivity index is 1.67. The molecule has 2 N–H and O–H groups in total. The summed E-state index contributed by atoms with van der Waals surface area (Å²) in [7, 11) is 0. The highest BCUT2D eigenvalue weighted by Crippen LogP contribution is 2.13. The van der Waals surface area contributed by atoms with Crippen molar-refractivity contribution in [1.29, 1.82) is 0 Å². The van der Waals surface area contributed by atoms with Crippen molar-refractivity contribution in [2.24, 2.45) is 0 Å². The number of rotatable bonds is 6. The van der Waals surface area contributed by atoms with E-state index in [9.17, 15) is 14.0 Å². The number of carbonyl (C=O) groups excluding carboxylic acids is 2. The van der Waals surface area contributed by atoms with E-state index >= 15 is 0 Å². The summed E-state index contributed by atoms with van der Waals surface area (Å²) in [5.41, 5.74) is 1.91. The van der Waals surface area contributed by atoms with Crippen LogP contribution in [0.4, 0.5) is 4.39 Å². The maximum Gasteiger partial charge on any atom is 0.267 e.